The molecule has 0 spiro atoms. The van der Waals surface area contributed by atoms with Gasteiger partial charge in [-0.3, -0.25) is 4.79 Å². The Labute approximate surface area is 259 Å². The van der Waals surface area contributed by atoms with Gasteiger partial charge in [-0.15, -0.1) is 0 Å². The average molecular weight is 625 g/mol. The van der Waals surface area contributed by atoms with Crippen LogP contribution >= 0.6 is 0 Å². The van der Waals surface area contributed by atoms with Crippen molar-refractivity contribution in [2.24, 2.45) is 34.5 Å². The van der Waals surface area contributed by atoms with Crippen LogP contribution in [0.1, 0.15) is 79.6 Å². The van der Waals surface area contributed by atoms with E-state index in [0.717, 1.165) is 37.7 Å². The van der Waals surface area contributed by atoms with Crippen LogP contribution in [0.2, 0.25) is 0 Å². The molecule has 5 fully saturated rings. The molecule has 0 aromatic carbocycles. The first-order valence-electron chi connectivity index (χ1n) is 16.6. The molecule has 18 atom stereocenters. The molecule has 44 heavy (non-hydrogen) atoms. The van der Waals surface area contributed by atoms with E-state index in [0.29, 0.717) is 30.6 Å². The highest BCUT2D eigenvalue weighted by Gasteiger charge is 2.62. The second kappa shape index (κ2) is 11.9. The number of fused-ring (bicyclic) bond motifs is 5. The van der Waals surface area contributed by atoms with Crippen LogP contribution in [-0.2, 0) is 23.7 Å². The molecule has 4 aliphatic carbocycles. The second-order valence-electron chi connectivity index (χ2n) is 15.2. The van der Waals surface area contributed by atoms with Crippen LogP contribution in [0, 0.1) is 34.5 Å². The lowest BCUT2D eigenvalue weighted by Crippen LogP contribution is -2.64. The number of carbonyl (C=O) groups excluding carboxylic acids is 1. The summed E-state index contributed by atoms with van der Waals surface area (Å²) in [6.45, 7) is 9.40. The Hall–Kier alpha value is -0.990. The third kappa shape index (κ3) is 5.23. The summed E-state index contributed by atoms with van der Waals surface area (Å²) in [4.78, 5) is 12.6. The lowest BCUT2D eigenvalue weighted by atomic mass is 9.44. The summed E-state index contributed by atoms with van der Waals surface area (Å²) in [5, 5.41) is 64.1. The maximum absolute atomic E-state index is 12.6. The van der Waals surface area contributed by atoms with Crippen LogP contribution < -0.4 is 0 Å². The van der Waals surface area contributed by atoms with Gasteiger partial charge in [0.25, 0.3) is 0 Å². The zero-order valence-corrected chi connectivity index (χ0v) is 26.5. The lowest BCUT2D eigenvalue weighted by Gasteiger charge is -2.62. The zero-order valence-electron chi connectivity index (χ0n) is 26.5. The van der Waals surface area contributed by atoms with E-state index in [-0.39, 0.29) is 28.6 Å². The van der Waals surface area contributed by atoms with Crippen LogP contribution in [0.15, 0.2) is 11.6 Å². The van der Waals surface area contributed by atoms with Gasteiger partial charge in [-0.25, -0.2) is 0 Å². The number of aliphatic hydroxyl groups is 6. The van der Waals surface area contributed by atoms with Crippen molar-refractivity contribution in [3.05, 3.63) is 11.6 Å². The predicted octanol–water partition coefficient (Wildman–Crippen LogP) is 1.19. The highest BCUT2D eigenvalue weighted by Crippen LogP contribution is 2.66. The fourth-order valence-corrected chi connectivity index (χ4v) is 10.2. The predicted molar refractivity (Wildman–Crippen MR) is 156 cm³/mol. The molecule has 2 aliphatic heterocycles. The van der Waals surface area contributed by atoms with Crippen molar-refractivity contribution < 1.29 is 54.4 Å². The summed E-state index contributed by atoms with van der Waals surface area (Å²) < 4.78 is 24.2. The molecule has 2 heterocycles. The second-order valence-corrected chi connectivity index (χ2v) is 15.2. The molecule has 6 rings (SSSR count). The summed E-state index contributed by atoms with van der Waals surface area (Å²) in [5.41, 5.74) is 0.669. The van der Waals surface area contributed by atoms with Crippen molar-refractivity contribution in [3.8, 4) is 0 Å². The molecule has 11 heteroatoms. The number of rotatable bonds is 5. The molecule has 6 aliphatic rings. The van der Waals surface area contributed by atoms with Gasteiger partial charge in [0.2, 0.25) is 0 Å². The zero-order chi connectivity index (χ0) is 31.9. The van der Waals surface area contributed by atoms with Gasteiger partial charge in [0, 0.05) is 0 Å². The van der Waals surface area contributed by atoms with E-state index in [9.17, 15) is 35.4 Å². The van der Waals surface area contributed by atoms with Crippen LogP contribution in [0.5, 0.6) is 0 Å². The summed E-state index contributed by atoms with van der Waals surface area (Å²) >= 11 is 0. The number of allylic oxidation sites excluding steroid dienone is 2. The SMILES string of the molecule is CC(=O)C1=CCC2[C@@H]3C[C@H](O[C@@H]4O[C@H](C)[C@@H](O)[C@H](O[C@@H]5O[C@@H](C)[C@H](O)[C@@H](O)[C@H]5O)[C@H]4O)[C@H]4C[C@@H](O)CC[C@]4(C)[C@H]3CC[C@]12C. The van der Waals surface area contributed by atoms with E-state index in [1.165, 1.54) is 6.92 Å². The average Bonchev–Trinajstić information content (AvgIpc) is 3.34. The molecule has 2 saturated heterocycles. The van der Waals surface area contributed by atoms with Crippen molar-refractivity contribution >= 4 is 5.78 Å². The Morgan fingerprint density at radius 2 is 1.45 bits per heavy atom. The van der Waals surface area contributed by atoms with Gasteiger partial charge < -0.3 is 49.6 Å². The molecule has 0 radical (unpaired) electrons. The molecule has 0 bridgehead atoms. The molecule has 1 unspecified atom stereocenters. The van der Waals surface area contributed by atoms with E-state index in [2.05, 4.69) is 19.9 Å². The third-order valence-electron chi connectivity index (χ3n) is 12.8. The first-order chi connectivity index (χ1) is 20.7. The Morgan fingerprint density at radius 1 is 0.795 bits per heavy atom. The summed E-state index contributed by atoms with van der Waals surface area (Å²) in [6, 6.07) is 0. The lowest BCUT2D eigenvalue weighted by molar-refractivity contribution is -0.363. The van der Waals surface area contributed by atoms with E-state index in [4.69, 9.17) is 18.9 Å². The Balaban J connectivity index is 1.25. The monoisotopic (exact) mass is 624 g/mol. The molecular weight excluding hydrogens is 572 g/mol. The largest absolute Gasteiger partial charge is 0.393 e. The minimum absolute atomic E-state index is 0.0248. The van der Waals surface area contributed by atoms with Crippen molar-refractivity contribution in [2.45, 2.75) is 153 Å². The number of carbonyl (C=O) groups is 1. The van der Waals surface area contributed by atoms with Crippen LogP contribution in [-0.4, -0.2) is 110 Å². The minimum Gasteiger partial charge on any atom is -0.393 e. The molecule has 0 amide bonds. The highest BCUT2D eigenvalue weighted by atomic mass is 16.7. The van der Waals surface area contributed by atoms with Crippen LogP contribution in [0.25, 0.3) is 0 Å². The fourth-order valence-electron chi connectivity index (χ4n) is 10.2. The Morgan fingerprint density at radius 3 is 2.14 bits per heavy atom. The summed E-state index contributed by atoms with van der Waals surface area (Å²) in [6.07, 6.45) is -5.58. The maximum Gasteiger partial charge on any atom is 0.187 e. The molecule has 3 saturated carbocycles. The molecule has 11 nitrogen and oxygen atoms in total. The number of hydrogen-bond donors (Lipinski definition) is 6. The summed E-state index contributed by atoms with van der Waals surface area (Å²) in [5.74, 6) is 1.19. The van der Waals surface area contributed by atoms with Crippen molar-refractivity contribution in [2.75, 3.05) is 0 Å². The number of Topliss-reactive ketones (excluding diaryl/α,β-unsaturated/α-hetero) is 1. The highest BCUT2D eigenvalue weighted by molar-refractivity contribution is 5.95. The number of aliphatic hydroxyl groups excluding tert-OH is 6. The number of ether oxygens (including phenoxy) is 4. The van der Waals surface area contributed by atoms with Crippen molar-refractivity contribution in [1.29, 1.82) is 0 Å². The summed E-state index contributed by atoms with van der Waals surface area (Å²) in [7, 11) is 0. The van der Waals surface area contributed by atoms with Gasteiger partial charge in [-0.2, -0.15) is 0 Å². The van der Waals surface area contributed by atoms with E-state index < -0.39 is 67.5 Å². The number of ketones is 1. The topological polar surface area (TPSA) is 175 Å². The molecule has 250 valence electrons. The van der Waals surface area contributed by atoms with Gasteiger partial charge in [-0.05, 0) is 106 Å². The molecule has 0 aromatic rings. The first kappa shape index (κ1) is 32.9. The van der Waals surface area contributed by atoms with Crippen LogP contribution in [0.4, 0.5) is 0 Å². The van der Waals surface area contributed by atoms with Gasteiger partial charge >= 0.3 is 0 Å². The molecule has 6 N–H and O–H groups in total. The normalized spacial score (nSPS) is 55.8. The van der Waals surface area contributed by atoms with Gasteiger partial charge in [0.1, 0.15) is 36.6 Å². The molecular formula is C33H52O11. The van der Waals surface area contributed by atoms with Gasteiger partial charge in [0.15, 0.2) is 18.4 Å². The van der Waals surface area contributed by atoms with E-state index in [1.54, 1.807) is 13.8 Å². The quantitative estimate of drug-likeness (QED) is 0.242. The van der Waals surface area contributed by atoms with Gasteiger partial charge in [-0.1, -0.05) is 19.9 Å². The van der Waals surface area contributed by atoms with E-state index in [1.807, 2.05) is 0 Å². The third-order valence-corrected chi connectivity index (χ3v) is 12.8. The van der Waals surface area contributed by atoms with Crippen molar-refractivity contribution in [3.63, 3.8) is 0 Å². The Kier molecular flexibility index (Phi) is 8.92. The van der Waals surface area contributed by atoms with E-state index >= 15 is 0 Å². The fraction of sp³-hybridized carbons (Fsp3) is 0.909. The minimum atomic E-state index is -1.60. The Bertz CT molecular complexity index is 1120. The maximum atomic E-state index is 12.6. The van der Waals surface area contributed by atoms with Gasteiger partial charge in [0.05, 0.1) is 24.4 Å². The first-order valence-corrected chi connectivity index (χ1v) is 16.6. The van der Waals surface area contributed by atoms with Crippen molar-refractivity contribution in [1.82, 2.24) is 0 Å². The van der Waals surface area contributed by atoms with Crippen LogP contribution in [0.3, 0.4) is 0 Å². The smallest absolute Gasteiger partial charge is 0.187 e. The molecule has 0 aromatic heterocycles. The number of hydrogen-bond acceptors (Lipinski definition) is 11. The standard InChI is InChI=1S/C33H52O11/c1-14(34)19-6-7-20-18-13-23(22-12-17(35)8-10-33(22,5)21(18)9-11-32(19,20)4)43-31-28(40)29(25(37)16(3)42-31)44-30-27(39)26(38)24(36)15(2)41-30/h6,15-18,20-31,35-40H,7-13H2,1-5H3/t15-,16+,17-,18-,20?,21-,22+,23-,24-,25+,26+,27+,28+,29-,30-,31-,32+,33+/m0/s1.